The summed E-state index contributed by atoms with van der Waals surface area (Å²) in [4.78, 5) is 0.177. The van der Waals surface area contributed by atoms with E-state index >= 15 is 0 Å². The van der Waals surface area contributed by atoms with Crippen LogP contribution < -0.4 is 0 Å². The van der Waals surface area contributed by atoms with Crippen LogP contribution in [0.15, 0.2) is 0 Å². The Bertz CT molecular complexity index is 135. The maximum absolute atomic E-state index is 11.6. The standard InChI is InChI=1S/C5H7F3N2/c1-10(4-2-3-9)5(6,7)8/h2,4H2,1H3. The molecular weight excluding hydrogens is 145 g/mol. The van der Waals surface area contributed by atoms with Gasteiger partial charge in [0, 0.05) is 13.0 Å². The number of nitrogens with zero attached hydrogens (tertiary/aromatic N) is 2. The second-order valence-electron chi connectivity index (χ2n) is 1.80. The fourth-order valence-electron chi connectivity index (χ4n) is 0.344. The molecule has 0 aliphatic heterocycles. The molecule has 5 heteroatoms. The van der Waals surface area contributed by atoms with Gasteiger partial charge in [-0.1, -0.05) is 0 Å². The molecule has 0 amide bonds. The van der Waals surface area contributed by atoms with E-state index in [2.05, 4.69) is 0 Å². The molecule has 0 aromatic carbocycles. The zero-order valence-electron chi connectivity index (χ0n) is 5.44. The molecule has 0 aliphatic carbocycles. The van der Waals surface area contributed by atoms with Crippen LogP contribution in [0.5, 0.6) is 0 Å². The summed E-state index contributed by atoms with van der Waals surface area (Å²) in [5.41, 5.74) is 0. The van der Waals surface area contributed by atoms with E-state index in [1.165, 1.54) is 0 Å². The summed E-state index contributed by atoms with van der Waals surface area (Å²) in [6, 6.07) is 1.63. The maximum atomic E-state index is 11.6. The average molecular weight is 152 g/mol. The normalized spacial score (nSPS) is 11.6. The van der Waals surface area contributed by atoms with E-state index in [0.29, 0.717) is 0 Å². The number of nitriles is 1. The highest BCUT2D eigenvalue weighted by atomic mass is 19.4. The largest absolute Gasteiger partial charge is 0.459 e. The second-order valence-corrected chi connectivity index (χ2v) is 1.80. The van der Waals surface area contributed by atoms with E-state index in [0.717, 1.165) is 7.05 Å². The predicted molar refractivity (Wildman–Crippen MR) is 28.9 cm³/mol. The van der Waals surface area contributed by atoms with Crippen molar-refractivity contribution in [3.8, 4) is 6.07 Å². The monoisotopic (exact) mass is 152 g/mol. The van der Waals surface area contributed by atoms with Gasteiger partial charge in [0.1, 0.15) is 0 Å². The molecule has 0 aliphatic rings. The molecule has 0 fully saturated rings. The minimum Gasteiger partial charge on any atom is -0.216 e. The van der Waals surface area contributed by atoms with Crippen molar-refractivity contribution in [2.24, 2.45) is 0 Å². The Hall–Kier alpha value is -0.760. The van der Waals surface area contributed by atoms with E-state index in [9.17, 15) is 13.2 Å². The fourth-order valence-corrected chi connectivity index (χ4v) is 0.344. The lowest BCUT2D eigenvalue weighted by atomic mass is 10.4. The Kier molecular flexibility index (Phi) is 3.16. The van der Waals surface area contributed by atoms with E-state index in [1.807, 2.05) is 0 Å². The Morgan fingerprint density at radius 3 is 2.30 bits per heavy atom. The molecule has 0 rings (SSSR count). The highest BCUT2D eigenvalue weighted by Gasteiger charge is 2.33. The Labute approximate surface area is 56.8 Å². The molecule has 2 nitrogen and oxygen atoms in total. The van der Waals surface area contributed by atoms with Gasteiger partial charge < -0.3 is 0 Å². The summed E-state index contributed by atoms with van der Waals surface area (Å²) >= 11 is 0. The third kappa shape index (κ3) is 3.30. The summed E-state index contributed by atoms with van der Waals surface area (Å²) in [7, 11) is 0.914. The van der Waals surface area contributed by atoms with Crippen molar-refractivity contribution in [2.45, 2.75) is 12.7 Å². The third-order valence-corrected chi connectivity index (χ3v) is 0.992. The highest BCUT2D eigenvalue weighted by Crippen LogP contribution is 2.18. The first-order valence-corrected chi connectivity index (χ1v) is 2.63. The van der Waals surface area contributed by atoms with Crippen molar-refractivity contribution >= 4 is 0 Å². The molecule has 0 bridgehead atoms. The smallest absolute Gasteiger partial charge is 0.216 e. The zero-order valence-corrected chi connectivity index (χ0v) is 5.44. The molecule has 10 heavy (non-hydrogen) atoms. The number of halogens is 3. The van der Waals surface area contributed by atoms with Crippen LogP contribution in [0.4, 0.5) is 13.2 Å². The number of rotatable bonds is 2. The lowest BCUT2D eigenvalue weighted by Crippen LogP contribution is -2.34. The molecule has 0 N–H and O–H groups in total. The van der Waals surface area contributed by atoms with E-state index in [-0.39, 0.29) is 17.9 Å². The fraction of sp³-hybridized carbons (Fsp3) is 0.800. The Balaban J connectivity index is 3.65. The minimum atomic E-state index is -4.31. The van der Waals surface area contributed by atoms with Crippen LogP contribution in [-0.4, -0.2) is 24.8 Å². The van der Waals surface area contributed by atoms with Crippen molar-refractivity contribution in [1.29, 1.82) is 5.26 Å². The molecule has 0 saturated carbocycles. The van der Waals surface area contributed by atoms with Gasteiger partial charge in [0.25, 0.3) is 0 Å². The first kappa shape index (κ1) is 9.24. The lowest BCUT2D eigenvalue weighted by molar-refractivity contribution is -0.235. The minimum absolute atomic E-state index is 0.101. The van der Waals surface area contributed by atoms with Crippen LogP contribution in [0.1, 0.15) is 6.42 Å². The van der Waals surface area contributed by atoms with Gasteiger partial charge in [-0.15, -0.1) is 0 Å². The average Bonchev–Trinajstić information content (AvgIpc) is 1.80. The van der Waals surface area contributed by atoms with Gasteiger partial charge in [0.2, 0.25) is 0 Å². The first-order valence-electron chi connectivity index (χ1n) is 2.63. The second kappa shape index (κ2) is 3.42. The van der Waals surface area contributed by atoms with Gasteiger partial charge in [-0.05, 0) is 7.05 Å². The van der Waals surface area contributed by atoms with Crippen molar-refractivity contribution in [1.82, 2.24) is 4.90 Å². The van der Waals surface area contributed by atoms with Crippen LogP contribution in [0.25, 0.3) is 0 Å². The third-order valence-electron chi connectivity index (χ3n) is 0.992. The molecule has 0 spiro atoms. The van der Waals surface area contributed by atoms with Gasteiger partial charge in [-0.2, -0.15) is 18.4 Å². The van der Waals surface area contributed by atoms with E-state index < -0.39 is 6.30 Å². The van der Waals surface area contributed by atoms with E-state index in [4.69, 9.17) is 5.26 Å². The topological polar surface area (TPSA) is 27.0 Å². The molecule has 0 radical (unpaired) electrons. The molecule has 0 aromatic heterocycles. The lowest BCUT2D eigenvalue weighted by Gasteiger charge is -2.17. The van der Waals surface area contributed by atoms with Gasteiger partial charge >= 0.3 is 6.30 Å². The van der Waals surface area contributed by atoms with Crippen molar-refractivity contribution in [2.75, 3.05) is 13.6 Å². The van der Waals surface area contributed by atoms with Crippen LogP contribution in [-0.2, 0) is 0 Å². The summed E-state index contributed by atoms with van der Waals surface area (Å²) in [6.45, 7) is -0.264. The quantitative estimate of drug-likeness (QED) is 0.558. The Morgan fingerprint density at radius 1 is 1.50 bits per heavy atom. The molecule has 0 atom stereocenters. The summed E-state index contributed by atoms with van der Waals surface area (Å²) in [6.07, 6.45) is -4.41. The zero-order chi connectivity index (χ0) is 8.20. The van der Waals surface area contributed by atoms with Gasteiger partial charge in [0.05, 0.1) is 6.07 Å². The Morgan fingerprint density at radius 2 is 2.00 bits per heavy atom. The summed E-state index contributed by atoms with van der Waals surface area (Å²) in [5, 5.41) is 7.94. The van der Waals surface area contributed by atoms with Crippen molar-refractivity contribution < 1.29 is 13.2 Å². The van der Waals surface area contributed by atoms with Crippen LogP contribution in [0, 0.1) is 11.3 Å². The molecule has 0 saturated heterocycles. The number of hydrogen-bond donors (Lipinski definition) is 0. The van der Waals surface area contributed by atoms with Crippen molar-refractivity contribution in [3.63, 3.8) is 0 Å². The van der Waals surface area contributed by atoms with Crippen LogP contribution >= 0.6 is 0 Å². The molecule has 0 unspecified atom stereocenters. The number of hydrogen-bond acceptors (Lipinski definition) is 2. The predicted octanol–water partition coefficient (Wildman–Crippen LogP) is 1.35. The van der Waals surface area contributed by atoms with Crippen LogP contribution in [0.3, 0.4) is 0 Å². The van der Waals surface area contributed by atoms with Gasteiger partial charge in [0.15, 0.2) is 0 Å². The first-order chi connectivity index (χ1) is 4.48. The number of alkyl halides is 3. The van der Waals surface area contributed by atoms with Crippen LogP contribution in [0.2, 0.25) is 0 Å². The summed E-state index contributed by atoms with van der Waals surface area (Å²) < 4.78 is 34.8. The molecule has 0 heterocycles. The van der Waals surface area contributed by atoms with Crippen molar-refractivity contribution in [3.05, 3.63) is 0 Å². The molecule has 0 aromatic rings. The van der Waals surface area contributed by atoms with Gasteiger partial charge in [-0.25, -0.2) is 4.90 Å². The summed E-state index contributed by atoms with van der Waals surface area (Å²) in [5.74, 6) is 0. The van der Waals surface area contributed by atoms with Gasteiger partial charge in [-0.3, -0.25) is 0 Å². The molecule has 58 valence electrons. The van der Waals surface area contributed by atoms with E-state index in [1.54, 1.807) is 6.07 Å². The molecular formula is C5H7F3N2. The maximum Gasteiger partial charge on any atom is 0.459 e. The highest BCUT2D eigenvalue weighted by molar-refractivity contribution is 4.71. The SMILES string of the molecule is CN(CCC#N)C(F)(F)F.